The molecule has 1 aromatic heterocycles. The van der Waals surface area contributed by atoms with Crippen molar-refractivity contribution in [2.75, 3.05) is 18.0 Å². The predicted molar refractivity (Wildman–Crippen MR) is 51.0 cm³/mol. The van der Waals surface area contributed by atoms with Crippen LogP contribution in [-0.4, -0.2) is 24.2 Å². The maximum absolute atomic E-state index is 12.9. The summed E-state index contributed by atoms with van der Waals surface area (Å²) in [5.74, 6) is 0.190. The number of rotatable bonds is 1. The van der Waals surface area contributed by atoms with Crippen LogP contribution in [0.1, 0.15) is 12.0 Å². The van der Waals surface area contributed by atoms with Gasteiger partial charge in [-0.1, -0.05) is 0 Å². The summed E-state index contributed by atoms with van der Waals surface area (Å²) in [5, 5.41) is 0. The number of aromatic nitrogens is 1. The maximum atomic E-state index is 12.9. The molecule has 0 radical (unpaired) electrons. The Morgan fingerprint density at radius 2 is 2.12 bits per heavy atom. The van der Waals surface area contributed by atoms with Gasteiger partial charge in [-0.05, 0) is 18.6 Å². The van der Waals surface area contributed by atoms with Crippen LogP contribution in [0.25, 0.3) is 0 Å². The number of halogens is 4. The molecule has 0 unspecified atom stereocenters. The highest BCUT2D eigenvalue weighted by Crippen LogP contribution is 2.31. The number of hydrogen-bond acceptors (Lipinski definition) is 2. The summed E-state index contributed by atoms with van der Waals surface area (Å²) in [4.78, 5) is 5.36. The predicted octanol–water partition coefficient (Wildman–Crippen LogP) is 2.65. The molecule has 16 heavy (non-hydrogen) atoms. The van der Waals surface area contributed by atoms with Crippen LogP contribution in [0.5, 0.6) is 0 Å². The fourth-order valence-corrected chi connectivity index (χ4v) is 1.69. The van der Waals surface area contributed by atoms with E-state index in [1.54, 1.807) is 0 Å². The Kier molecular flexibility index (Phi) is 2.73. The highest BCUT2D eigenvalue weighted by atomic mass is 19.4. The zero-order chi connectivity index (χ0) is 11.8. The molecule has 1 saturated heterocycles. The topological polar surface area (TPSA) is 16.1 Å². The SMILES string of the molecule is F[C@@H]1CCN(c2cc(C(F)(F)F)ccn2)C1. The molecule has 2 heterocycles. The molecule has 1 aromatic rings. The van der Waals surface area contributed by atoms with Crippen molar-refractivity contribution >= 4 is 5.82 Å². The van der Waals surface area contributed by atoms with Crippen LogP contribution in [0.4, 0.5) is 23.4 Å². The summed E-state index contributed by atoms with van der Waals surface area (Å²) in [6, 6.07) is 1.87. The van der Waals surface area contributed by atoms with E-state index in [1.165, 1.54) is 4.90 Å². The van der Waals surface area contributed by atoms with Crippen LogP contribution >= 0.6 is 0 Å². The van der Waals surface area contributed by atoms with E-state index in [0.717, 1.165) is 18.3 Å². The number of hydrogen-bond donors (Lipinski definition) is 0. The lowest BCUT2D eigenvalue weighted by Gasteiger charge is -2.17. The van der Waals surface area contributed by atoms with Crippen molar-refractivity contribution in [2.24, 2.45) is 0 Å². The second-order valence-corrected chi connectivity index (χ2v) is 3.73. The Balaban J connectivity index is 2.23. The lowest BCUT2D eigenvalue weighted by atomic mass is 10.2. The minimum absolute atomic E-state index is 0.119. The third kappa shape index (κ3) is 2.25. The molecule has 0 aromatic carbocycles. The van der Waals surface area contributed by atoms with E-state index >= 15 is 0 Å². The minimum atomic E-state index is -4.38. The lowest BCUT2D eigenvalue weighted by Crippen LogP contribution is -2.21. The number of nitrogens with zero attached hydrogens (tertiary/aromatic N) is 2. The summed E-state index contributed by atoms with van der Waals surface area (Å²) in [6.45, 7) is 0.532. The van der Waals surface area contributed by atoms with Gasteiger partial charge in [-0.3, -0.25) is 0 Å². The maximum Gasteiger partial charge on any atom is 0.416 e. The molecule has 0 spiro atoms. The van der Waals surface area contributed by atoms with E-state index in [2.05, 4.69) is 4.98 Å². The van der Waals surface area contributed by atoms with E-state index in [-0.39, 0.29) is 12.4 Å². The van der Waals surface area contributed by atoms with Gasteiger partial charge in [-0.25, -0.2) is 9.37 Å². The van der Waals surface area contributed by atoms with Crippen molar-refractivity contribution in [1.82, 2.24) is 4.98 Å². The smallest absolute Gasteiger partial charge is 0.354 e. The van der Waals surface area contributed by atoms with Crippen LogP contribution < -0.4 is 4.90 Å². The van der Waals surface area contributed by atoms with E-state index in [9.17, 15) is 17.6 Å². The first-order valence-corrected chi connectivity index (χ1v) is 4.89. The number of pyridine rings is 1. The molecule has 1 atom stereocenters. The molecule has 1 aliphatic heterocycles. The van der Waals surface area contributed by atoms with Crippen molar-refractivity contribution in [2.45, 2.75) is 18.8 Å². The molecular weight excluding hydrogens is 224 g/mol. The lowest BCUT2D eigenvalue weighted by molar-refractivity contribution is -0.137. The minimum Gasteiger partial charge on any atom is -0.354 e. The van der Waals surface area contributed by atoms with Crippen LogP contribution in [0.2, 0.25) is 0 Å². The summed E-state index contributed by atoms with van der Waals surface area (Å²) in [6.07, 6.45) is -3.91. The fraction of sp³-hybridized carbons (Fsp3) is 0.500. The van der Waals surface area contributed by atoms with Gasteiger partial charge in [0.05, 0.1) is 12.1 Å². The van der Waals surface area contributed by atoms with Gasteiger partial charge in [0, 0.05) is 12.7 Å². The quantitative estimate of drug-likeness (QED) is 0.694. The van der Waals surface area contributed by atoms with Gasteiger partial charge in [0.1, 0.15) is 12.0 Å². The molecule has 0 bridgehead atoms. The Morgan fingerprint density at radius 1 is 1.38 bits per heavy atom. The van der Waals surface area contributed by atoms with Crippen molar-refractivity contribution in [3.63, 3.8) is 0 Å². The molecule has 0 aliphatic carbocycles. The molecular formula is C10H10F4N2. The summed E-state index contributed by atoms with van der Waals surface area (Å²) < 4.78 is 50.1. The third-order valence-electron chi connectivity index (χ3n) is 2.53. The Labute approximate surface area is 89.9 Å². The molecule has 1 aliphatic rings. The monoisotopic (exact) mass is 234 g/mol. The van der Waals surface area contributed by atoms with Crippen molar-refractivity contribution in [3.05, 3.63) is 23.9 Å². The third-order valence-corrected chi connectivity index (χ3v) is 2.53. The Morgan fingerprint density at radius 3 is 2.69 bits per heavy atom. The zero-order valence-corrected chi connectivity index (χ0v) is 8.34. The molecule has 6 heteroatoms. The first-order valence-electron chi connectivity index (χ1n) is 4.89. The zero-order valence-electron chi connectivity index (χ0n) is 8.34. The molecule has 1 fully saturated rings. The highest BCUT2D eigenvalue weighted by molar-refractivity contribution is 5.43. The second kappa shape index (κ2) is 3.92. The molecule has 0 N–H and O–H groups in total. The molecule has 0 saturated carbocycles. The van der Waals surface area contributed by atoms with Gasteiger partial charge >= 0.3 is 6.18 Å². The van der Waals surface area contributed by atoms with Crippen LogP contribution in [0, 0.1) is 0 Å². The van der Waals surface area contributed by atoms with E-state index in [1.807, 2.05) is 0 Å². The van der Waals surface area contributed by atoms with E-state index < -0.39 is 17.9 Å². The Bertz CT molecular complexity index is 377. The average Bonchev–Trinajstić information content (AvgIpc) is 2.64. The highest BCUT2D eigenvalue weighted by Gasteiger charge is 2.32. The average molecular weight is 234 g/mol. The normalized spacial score (nSPS) is 21.5. The first kappa shape index (κ1) is 11.2. The van der Waals surface area contributed by atoms with E-state index in [0.29, 0.717) is 13.0 Å². The van der Waals surface area contributed by atoms with Gasteiger partial charge in [-0.15, -0.1) is 0 Å². The molecule has 2 rings (SSSR count). The van der Waals surface area contributed by atoms with Gasteiger partial charge in [0.25, 0.3) is 0 Å². The van der Waals surface area contributed by atoms with Crippen molar-refractivity contribution in [3.8, 4) is 0 Å². The second-order valence-electron chi connectivity index (χ2n) is 3.73. The Hall–Kier alpha value is -1.33. The van der Waals surface area contributed by atoms with Gasteiger partial charge in [0.2, 0.25) is 0 Å². The van der Waals surface area contributed by atoms with Crippen LogP contribution in [0.3, 0.4) is 0 Å². The number of anilines is 1. The first-order chi connectivity index (χ1) is 7.47. The van der Waals surface area contributed by atoms with Gasteiger partial charge in [0.15, 0.2) is 0 Å². The van der Waals surface area contributed by atoms with Crippen LogP contribution in [-0.2, 0) is 6.18 Å². The molecule has 0 amide bonds. The van der Waals surface area contributed by atoms with Gasteiger partial charge in [-0.2, -0.15) is 13.2 Å². The van der Waals surface area contributed by atoms with Crippen molar-refractivity contribution < 1.29 is 17.6 Å². The molecule has 88 valence electrons. The largest absolute Gasteiger partial charge is 0.416 e. The standard InChI is InChI=1S/C10H10F4N2/c11-8-2-4-16(6-8)9-5-7(1-3-15-9)10(12,13)14/h1,3,5,8H,2,4,6H2/t8-/m1/s1. The summed E-state index contributed by atoms with van der Waals surface area (Å²) in [5.41, 5.74) is -0.750. The van der Waals surface area contributed by atoms with Crippen molar-refractivity contribution in [1.29, 1.82) is 0 Å². The number of alkyl halides is 4. The molecule has 2 nitrogen and oxygen atoms in total. The summed E-state index contributed by atoms with van der Waals surface area (Å²) >= 11 is 0. The van der Waals surface area contributed by atoms with Crippen LogP contribution in [0.15, 0.2) is 18.3 Å². The van der Waals surface area contributed by atoms with E-state index in [4.69, 9.17) is 0 Å². The fourth-order valence-electron chi connectivity index (χ4n) is 1.69. The summed E-state index contributed by atoms with van der Waals surface area (Å²) in [7, 11) is 0. The van der Waals surface area contributed by atoms with Gasteiger partial charge < -0.3 is 4.90 Å².